The molecule has 4 aliphatic carbocycles. The van der Waals surface area contributed by atoms with Gasteiger partial charge in [0.2, 0.25) is 17.5 Å². The normalized spacial score (nSPS) is 39.7. The molecule has 0 saturated heterocycles. The van der Waals surface area contributed by atoms with E-state index in [-0.39, 0.29) is 17.0 Å². The van der Waals surface area contributed by atoms with E-state index in [1.54, 1.807) is 0 Å². The van der Waals surface area contributed by atoms with Crippen LogP contribution < -0.4 is 5.73 Å². The minimum absolute atomic E-state index is 0.0312. The van der Waals surface area contributed by atoms with E-state index in [0.717, 1.165) is 37.0 Å². The van der Waals surface area contributed by atoms with Gasteiger partial charge in [0, 0.05) is 5.41 Å². The zero-order valence-electron chi connectivity index (χ0n) is 10.8. The molecule has 1 aromatic heterocycles. The fraction of sp³-hybridized carbons (Fsp3) is 0.714. The van der Waals surface area contributed by atoms with Crippen molar-refractivity contribution >= 4 is 11.9 Å². The lowest BCUT2D eigenvalue weighted by Gasteiger charge is -2.55. The summed E-state index contributed by atoms with van der Waals surface area (Å²) in [5.41, 5.74) is 5.50. The fourth-order valence-corrected chi connectivity index (χ4v) is 5.08. The standard InChI is InChI=1S/C14H18N2O3/c15-11-10(12(17)18)16-13(19-11)14-4-7-1-8(5-14)3-9(2-7)6-14/h7-9H,1-6,15H2,(H,17,18). The molecule has 4 aliphatic rings. The van der Waals surface area contributed by atoms with Crippen LogP contribution in [-0.2, 0) is 5.41 Å². The molecule has 0 unspecified atom stereocenters. The van der Waals surface area contributed by atoms with Gasteiger partial charge in [-0.15, -0.1) is 0 Å². The second kappa shape index (κ2) is 3.52. The predicted molar refractivity (Wildman–Crippen MR) is 67.7 cm³/mol. The van der Waals surface area contributed by atoms with Crippen molar-refractivity contribution in [2.24, 2.45) is 17.8 Å². The number of carbonyl (C=O) groups is 1. The summed E-state index contributed by atoms with van der Waals surface area (Å²) in [4.78, 5) is 15.3. The van der Waals surface area contributed by atoms with Crippen molar-refractivity contribution < 1.29 is 14.3 Å². The molecule has 0 amide bonds. The molecule has 4 fully saturated rings. The SMILES string of the molecule is Nc1oc(C23CC4CC(CC(C4)C2)C3)nc1C(=O)O. The number of aromatic carboxylic acids is 1. The zero-order valence-corrected chi connectivity index (χ0v) is 10.8. The lowest BCUT2D eigenvalue weighted by molar-refractivity contribution is -0.0174. The molecule has 1 aromatic rings. The van der Waals surface area contributed by atoms with Gasteiger partial charge in [-0.3, -0.25) is 0 Å². The molecular formula is C14H18N2O3. The molecule has 0 aromatic carbocycles. The molecule has 1 heterocycles. The molecule has 4 saturated carbocycles. The van der Waals surface area contributed by atoms with E-state index >= 15 is 0 Å². The lowest BCUT2D eigenvalue weighted by atomic mass is 9.49. The summed E-state index contributed by atoms with van der Waals surface area (Å²) in [6.45, 7) is 0. The van der Waals surface area contributed by atoms with E-state index in [2.05, 4.69) is 4.98 Å². The highest BCUT2D eigenvalue weighted by molar-refractivity contribution is 5.89. The molecule has 5 heteroatoms. The number of carboxylic acids is 1. The summed E-state index contributed by atoms with van der Waals surface area (Å²) in [6.07, 6.45) is 7.29. The Kier molecular flexibility index (Phi) is 2.10. The highest BCUT2D eigenvalue weighted by Crippen LogP contribution is 2.60. The quantitative estimate of drug-likeness (QED) is 0.854. The van der Waals surface area contributed by atoms with E-state index < -0.39 is 5.97 Å². The van der Waals surface area contributed by atoms with Gasteiger partial charge in [-0.2, -0.15) is 0 Å². The smallest absolute Gasteiger partial charge is 0.360 e. The van der Waals surface area contributed by atoms with Gasteiger partial charge in [0.05, 0.1) is 0 Å². The largest absolute Gasteiger partial charge is 0.476 e. The topological polar surface area (TPSA) is 89.4 Å². The number of hydrogen-bond acceptors (Lipinski definition) is 4. The zero-order chi connectivity index (χ0) is 13.2. The Morgan fingerprint density at radius 3 is 2.16 bits per heavy atom. The van der Waals surface area contributed by atoms with Gasteiger partial charge < -0.3 is 15.3 Å². The molecule has 19 heavy (non-hydrogen) atoms. The maximum absolute atomic E-state index is 11.1. The number of aromatic nitrogens is 1. The van der Waals surface area contributed by atoms with Gasteiger partial charge in [0.25, 0.3) is 0 Å². The molecule has 4 bridgehead atoms. The van der Waals surface area contributed by atoms with Crippen LogP contribution in [0.3, 0.4) is 0 Å². The molecule has 3 N–H and O–H groups in total. The number of nitrogens with zero attached hydrogens (tertiary/aromatic N) is 1. The molecule has 0 radical (unpaired) electrons. The molecular weight excluding hydrogens is 244 g/mol. The third-order valence-electron chi connectivity index (χ3n) is 5.35. The molecule has 5 nitrogen and oxygen atoms in total. The van der Waals surface area contributed by atoms with Crippen LogP contribution in [-0.4, -0.2) is 16.1 Å². The second-order valence-corrected chi connectivity index (χ2v) is 6.73. The number of nitrogens with two attached hydrogens (primary N) is 1. The van der Waals surface area contributed by atoms with Crippen LogP contribution in [0.4, 0.5) is 5.88 Å². The number of nitrogen functional groups attached to an aromatic ring is 1. The van der Waals surface area contributed by atoms with Crippen LogP contribution in [0.1, 0.15) is 54.9 Å². The Hall–Kier alpha value is -1.52. The van der Waals surface area contributed by atoms with Crippen LogP contribution in [0.25, 0.3) is 0 Å². The first-order chi connectivity index (χ1) is 9.06. The van der Waals surface area contributed by atoms with E-state index in [9.17, 15) is 4.79 Å². The molecule has 0 atom stereocenters. The Morgan fingerprint density at radius 1 is 1.21 bits per heavy atom. The second-order valence-electron chi connectivity index (χ2n) is 6.73. The minimum Gasteiger partial charge on any atom is -0.476 e. The number of oxazole rings is 1. The summed E-state index contributed by atoms with van der Waals surface area (Å²) in [5.74, 6) is 1.75. The first kappa shape index (κ1) is 11.3. The van der Waals surface area contributed by atoms with E-state index in [0.29, 0.717) is 5.89 Å². The van der Waals surface area contributed by atoms with Crippen molar-refractivity contribution in [1.29, 1.82) is 0 Å². The van der Waals surface area contributed by atoms with Gasteiger partial charge in [-0.05, 0) is 56.3 Å². The first-order valence-corrected chi connectivity index (χ1v) is 7.06. The van der Waals surface area contributed by atoms with Gasteiger partial charge in [0.1, 0.15) is 0 Å². The highest BCUT2D eigenvalue weighted by atomic mass is 16.4. The fourth-order valence-electron chi connectivity index (χ4n) is 5.08. The van der Waals surface area contributed by atoms with E-state index in [1.807, 2.05) is 0 Å². The predicted octanol–water partition coefficient (Wildman–Crippen LogP) is 2.42. The molecule has 0 aliphatic heterocycles. The van der Waals surface area contributed by atoms with Crippen molar-refractivity contribution in [2.45, 2.75) is 43.9 Å². The average Bonchev–Trinajstić information content (AvgIpc) is 2.70. The molecule has 5 rings (SSSR count). The Bertz CT molecular complexity index is 514. The van der Waals surface area contributed by atoms with Crippen molar-refractivity contribution in [3.05, 3.63) is 11.6 Å². The van der Waals surface area contributed by atoms with E-state index in [1.165, 1.54) is 19.3 Å². The number of carboxylic acid groups (broad SMARTS) is 1. The molecule has 102 valence electrons. The number of anilines is 1. The Balaban J connectivity index is 1.75. The van der Waals surface area contributed by atoms with Gasteiger partial charge in [-0.1, -0.05) is 0 Å². The Morgan fingerprint density at radius 2 is 1.74 bits per heavy atom. The number of hydrogen-bond donors (Lipinski definition) is 2. The highest BCUT2D eigenvalue weighted by Gasteiger charge is 2.54. The summed E-state index contributed by atoms with van der Waals surface area (Å²) in [7, 11) is 0. The van der Waals surface area contributed by atoms with Crippen LogP contribution in [0.15, 0.2) is 4.42 Å². The third kappa shape index (κ3) is 1.53. The number of rotatable bonds is 2. The van der Waals surface area contributed by atoms with Crippen LogP contribution in [0, 0.1) is 17.8 Å². The van der Waals surface area contributed by atoms with E-state index in [4.69, 9.17) is 15.3 Å². The van der Waals surface area contributed by atoms with Gasteiger partial charge in [0.15, 0.2) is 0 Å². The molecule has 0 spiro atoms. The van der Waals surface area contributed by atoms with Crippen molar-refractivity contribution in [3.63, 3.8) is 0 Å². The summed E-state index contributed by atoms with van der Waals surface area (Å²) < 4.78 is 5.55. The summed E-state index contributed by atoms with van der Waals surface area (Å²) in [5, 5.41) is 9.06. The van der Waals surface area contributed by atoms with Crippen LogP contribution in [0.5, 0.6) is 0 Å². The van der Waals surface area contributed by atoms with Crippen molar-refractivity contribution in [1.82, 2.24) is 4.98 Å². The maximum Gasteiger partial charge on any atom is 0.360 e. The van der Waals surface area contributed by atoms with Crippen LogP contribution >= 0.6 is 0 Å². The monoisotopic (exact) mass is 262 g/mol. The minimum atomic E-state index is -1.10. The maximum atomic E-state index is 11.1. The van der Waals surface area contributed by atoms with Crippen LogP contribution in [0.2, 0.25) is 0 Å². The van der Waals surface area contributed by atoms with Crippen molar-refractivity contribution in [3.8, 4) is 0 Å². The van der Waals surface area contributed by atoms with Gasteiger partial charge >= 0.3 is 5.97 Å². The average molecular weight is 262 g/mol. The summed E-state index contributed by atoms with van der Waals surface area (Å²) >= 11 is 0. The third-order valence-corrected chi connectivity index (χ3v) is 5.35. The Labute approximate surface area is 111 Å². The lowest BCUT2D eigenvalue weighted by Crippen LogP contribution is -2.48. The van der Waals surface area contributed by atoms with Crippen molar-refractivity contribution in [2.75, 3.05) is 5.73 Å². The first-order valence-electron chi connectivity index (χ1n) is 7.06. The summed E-state index contributed by atoms with van der Waals surface area (Å²) in [6, 6.07) is 0. The van der Waals surface area contributed by atoms with Gasteiger partial charge in [-0.25, -0.2) is 9.78 Å².